The van der Waals surface area contributed by atoms with Crippen molar-refractivity contribution in [3.63, 3.8) is 0 Å². The van der Waals surface area contributed by atoms with Crippen molar-refractivity contribution in [1.82, 2.24) is 9.97 Å². The van der Waals surface area contributed by atoms with E-state index in [4.69, 9.17) is 23.2 Å². The Balaban J connectivity index is 1.72. The van der Waals surface area contributed by atoms with E-state index in [-0.39, 0.29) is 11.5 Å². The lowest BCUT2D eigenvalue weighted by atomic mass is 10.1. The third-order valence-corrected chi connectivity index (χ3v) is 4.66. The van der Waals surface area contributed by atoms with E-state index in [9.17, 15) is 4.79 Å². The smallest absolute Gasteiger partial charge is 0.173 e. The molecule has 1 aromatic heterocycles. The predicted octanol–water partition coefficient (Wildman–Crippen LogP) is 4.91. The molecular weight excluding hydrogens is 339 g/mol. The Morgan fingerprint density at radius 1 is 1.05 bits per heavy atom. The Bertz CT molecular complexity index is 854. The molecule has 22 heavy (non-hydrogen) atoms. The summed E-state index contributed by atoms with van der Waals surface area (Å²) >= 11 is 13.1. The summed E-state index contributed by atoms with van der Waals surface area (Å²) in [4.78, 5) is 21.0. The molecule has 0 radical (unpaired) electrons. The van der Waals surface area contributed by atoms with Crippen molar-refractivity contribution in [3.05, 3.63) is 64.3 Å². The number of benzene rings is 2. The first-order valence-corrected chi connectivity index (χ1v) is 8.20. The summed E-state index contributed by atoms with van der Waals surface area (Å²) in [7, 11) is 0. The average Bonchev–Trinajstić information content (AvgIpc) is 2.55. The molecule has 0 saturated heterocycles. The van der Waals surface area contributed by atoms with Crippen LogP contribution in [-0.4, -0.2) is 21.5 Å². The highest BCUT2D eigenvalue weighted by molar-refractivity contribution is 7.99. The summed E-state index contributed by atoms with van der Waals surface area (Å²) < 4.78 is 0. The summed E-state index contributed by atoms with van der Waals surface area (Å²) in [5, 5.41) is 1.53. The molecule has 0 aliphatic carbocycles. The van der Waals surface area contributed by atoms with Crippen LogP contribution in [0.15, 0.2) is 53.7 Å². The first kappa shape index (κ1) is 15.3. The number of para-hydroxylation sites is 2. The highest BCUT2D eigenvalue weighted by Crippen LogP contribution is 2.24. The highest BCUT2D eigenvalue weighted by atomic mass is 35.5. The van der Waals surface area contributed by atoms with Crippen LogP contribution in [-0.2, 0) is 0 Å². The summed E-state index contributed by atoms with van der Waals surface area (Å²) in [6.45, 7) is 0. The van der Waals surface area contributed by atoms with Gasteiger partial charge in [-0.25, -0.2) is 4.98 Å². The minimum atomic E-state index is -0.0291. The van der Waals surface area contributed by atoms with Crippen molar-refractivity contribution < 1.29 is 4.79 Å². The van der Waals surface area contributed by atoms with Crippen molar-refractivity contribution in [3.8, 4) is 0 Å². The van der Waals surface area contributed by atoms with Crippen LogP contribution in [0.5, 0.6) is 0 Å². The molecule has 2 aromatic carbocycles. The molecule has 0 spiro atoms. The van der Waals surface area contributed by atoms with E-state index in [0.29, 0.717) is 20.6 Å². The van der Waals surface area contributed by atoms with Gasteiger partial charge in [0.1, 0.15) is 5.03 Å². The minimum absolute atomic E-state index is 0.0291. The van der Waals surface area contributed by atoms with E-state index in [1.165, 1.54) is 11.8 Å². The van der Waals surface area contributed by atoms with Gasteiger partial charge in [0.05, 0.1) is 33.0 Å². The van der Waals surface area contributed by atoms with Gasteiger partial charge in [0.25, 0.3) is 0 Å². The quantitative estimate of drug-likeness (QED) is 0.496. The monoisotopic (exact) mass is 348 g/mol. The van der Waals surface area contributed by atoms with Crippen LogP contribution >= 0.6 is 35.0 Å². The maximum Gasteiger partial charge on any atom is 0.173 e. The highest BCUT2D eigenvalue weighted by Gasteiger charge is 2.10. The molecular formula is C16H10Cl2N2OS. The molecule has 110 valence electrons. The fourth-order valence-corrected chi connectivity index (χ4v) is 2.94. The number of nitrogens with zero attached hydrogens (tertiary/aromatic N) is 2. The number of carbonyl (C=O) groups excluding carboxylic acids is 1. The van der Waals surface area contributed by atoms with Crippen LogP contribution < -0.4 is 0 Å². The van der Waals surface area contributed by atoms with Crippen molar-refractivity contribution in [1.29, 1.82) is 0 Å². The number of hydrogen-bond donors (Lipinski definition) is 0. The fraction of sp³-hybridized carbons (Fsp3) is 0.0625. The van der Waals surface area contributed by atoms with Crippen LogP contribution in [0.3, 0.4) is 0 Å². The molecule has 3 aromatic rings. The summed E-state index contributed by atoms with van der Waals surface area (Å²) in [5.74, 6) is 0.240. The molecule has 6 heteroatoms. The molecule has 0 fully saturated rings. The van der Waals surface area contributed by atoms with Crippen molar-refractivity contribution in [2.24, 2.45) is 0 Å². The minimum Gasteiger partial charge on any atom is -0.293 e. The normalized spacial score (nSPS) is 10.8. The van der Waals surface area contributed by atoms with Gasteiger partial charge in [-0.05, 0) is 30.3 Å². The van der Waals surface area contributed by atoms with Crippen molar-refractivity contribution in [2.75, 3.05) is 5.75 Å². The van der Waals surface area contributed by atoms with E-state index in [0.717, 1.165) is 11.0 Å². The largest absolute Gasteiger partial charge is 0.293 e. The van der Waals surface area contributed by atoms with Crippen LogP contribution in [0, 0.1) is 0 Å². The van der Waals surface area contributed by atoms with Gasteiger partial charge in [-0.3, -0.25) is 9.78 Å². The fourth-order valence-electron chi connectivity index (χ4n) is 1.90. The van der Waals surface area contributed by atoms with Crippen molar-refractivity contribution in [2.45, 2.75) is 5.03 Å². The second kappa shape index (κ2) is 6.65. The Morgan fingerprint density at radius 2 is 1.82 bits per heavy atom. The molecule has 0 N–H and O–H groups in total. The number of Topliss-reactive ketones (excluding diaryl/α,β-unsaturated/α-hetero) is 1. The zero-order valence-corrected chi connectivity index (χ0v) is 13.6. The first-order chi connectivity index (χ1) is 10.6. The maximum absolute atomic E-state index is 12.2. The number of carbonyl (C=O) groups is 1. The van der Waals surface area contributed by atoms with Crippen LogP contribution in [0.1, 0.15) is 10.4 Å². The topological polar surface area (TPSA) is 42.9 Å². The second-order valence-corrected chi connectivity index (χ2v) is 6.35. The van der Waals surface area contributed by atoms with Gasteiger partial charge in [0.15, 0.2) is 5.78 Å². The average molecular weight is 349 g/mol. The lowest BCUT2D eigenvalue weighted by Gasteiger charge is -2.03. The molecule has 0 atom stereocenters. The van der Waals surface area contributed by atoms with Gasteiger partial charge in [0, 0.05) is 5.56 Å². The molecule has 3 rings (SSSR count). The van der Waals surface area contributed by atoms with Crippen molar-refractivity contribution >= 4 is 51.8 Å². The summed E-state index contributed by atoms with van der Waals surface area (Å²) in [5.41, 5.74) is 2.19. The van der Waals surface area contributed by atoms with E-state index in [1.807, 2.05) is 24.3 Å². The first-order valence-electron chi connectivity index (χ1n) is 6.46. The van der Waals surface area contributed by atoms with Gasteiger partial charge in [-0.1, -0.05) is 47.1 Å². The number of fused-ring (bicyclic) bond motifs is 1. The molecule has 0 saturated carbocycles. The summed E-state index contributed by atoms with van der Waals surface area (Å²) in [6, 6.07) is 12.5. The van der Waals surface area contributed by atoms with Gasteiger partial charge >= 0.3 is 0 Å². The van der Waals surface area contributed by atoms with Gasteiger partial charge < -0.3 is 0 Å². The Labute approximate surface area is 141 Å². The van der Waals surface area contributed by atoms with E-state index >= 15 is 0 Å². The van der Waals surface area contributed by atoms with Gasteiger partial charge in [-0.15, -0.1) is 0 Å². The zero-order valence-electron chi connectivity index (χ0n) is 11.3. The number of hydrogen-bond acceptors (Lipinski definition) is 4. The maximum atomic E-state index is 12.2. The van der Waals surface area contributed by atoms with E-state index < -0.39 is 0 Å². The Kier molecular flexibility index (Phi) is 4.62. The van der Waals surface area contributed by atoms with Gasteiger partial charge in [-0.2, -0.15) is 0 Å². The third kappa shape index (κ3) is 3.40. The SMILES string of the molecule is O=C(CSc1cnc2ccccc2n1)c1ccc(Cl)c(Cl)c1. The molecule has 0 aliphatic rings. The van der Waals surface area contributed by atoms with Gasteiger partial charge in [0.2, 0.25) is 0 Å². The summed E-state index contributed by atoms with van der Waals surface area (Å²) in [6.07, 6.45) is 1.68. The Hall–Kier alpha value is -1.62. The Morgan fingerprint density at radius 3 is 2.59 bits per heavy atom. The molecule has 3 nitrogen and oxygen atoms in total. The standard InChI is InChI=1S/C16H10Cl2N2OS/c17-11-6-5-10(7-12(11)18)15(21)9-22-16-8-19-13-3-1-2-4-14(13)20-16/h1-8H,9H2. The molecule has 0 bridgehead atoms. The van der Waals surface area contributed by atoms with Crippen LogP contribution in [0.25, 0.3) is 11.0 Å². The van der Waals surface area contributed by atoms with Crippen LogP contribution in [0.2, 0.25) is 10.0 Å². The lowest BCUT2D eigenvalue weighted by molar-refractivity contribution is 0.102. The number of thioether (sulfide) groups is 1. The van der Waals surface area contributed by atoms with Crippen LogP contribution in [0.4, 0.5) is 0 Å². The number of rotatable bonds is 4. The number of aromatic nitrogens is 2. The lowest BCUT2D eigenvalue weighted by Crippen LogP contribution is -2.02. The predicted molar refractivity (Wildman–Crippen MR) is 91.1 cm³/mol. The zero-order chi connectivity index (χ0) is 15.5. The molecule has 0 unspecified atom stereocenters. The van der Waals surface area contributed by atoms with E-state index in [2.05, 4.69) is 9.97 Å². The molecule has 1 heterocycles. The number of halogens is 2. The number of ketones is 1. The third-order valence-electron chi connectivity index (χ3n) is 3.02. The molecule has 0 amide bonds. The second-order valence-electron chi connectivity index (χ2n) is 4.54. The molecule has 0 aliphatic heterocycles. The van der Waals surface area contributed by atoms with E-state index in [1.54, 1.807) is 24.4 Å².